The van der Waals surface area contributed by atoms with Crippen molar-refractivity contribution in [1.29, 1.82) is 0 Å². The number of ether oxygens (including phenoxy) is 1. The number of rotatable bonds is 7. The number of nitrogens with two attached hydrogens (primary N) is 1. The Morgan fingerprint density at radius 3 is 2.77 bits per heavy atom. The molecule has 1 aromatic heterocycles. The molecule has 3 nitrogen and oxygen atoms in total. The second-order valence-electron chi connectivity index (χ2n) is 4.89. The van der Waals surface area contributed by atoms with E-state index in [-0.39, 0.29) is 5.02 Å². The van der Waals surface area contributed by atoms with Gasteiger partial charge in [0.15, 0.2) is 0 Å². The molecule has 22 heavy (non-hydrogen) atoms. The van der Waals surface area contributed by atoms with E-state index < -0.39 is 12.0 Å². The first-order valence-electron chi connectivity index (χ1n) is 7.00. The molecule has 1 atom stereocenters. The van der Waals surface area contributed by atoms with Gasteiger partial charge in [0.2, 0.25) is 5.95 Å². The van der Waals surface area contributed by atoms with Crippen LogP contribution >= 0.6 is 11.6 Å². The Labute approximate surface area is 134 Å². The molecule has 0 aliphatic heterocycles. The standard InChI is InChI=1S/C17H18ClFN2O/c1-2-3-9-13(20)15-14(10-21-17(19)16(15)18)22-11-12-7-5-4-6-8-12/h2,4-8,10,13H,1,3,9,11,20H2/t13-/m1/s1. The van der Waals surface area contributed by atoms with Gasteiger partial charge in [-0.05, 0) is 18.4 Å². The topological polar surface area (TPSA) is 48.1 Å². The van der Waals surface area contributed by atoms with E-state index in [0.29, 0.717) is 30.8 Å². The minimum Gasteiger partial charge on any atom is -0.487 e. The van der Waals surface area contributed by atoms with Gasteiger partial charge in [0, 0.05) is 11.6 Å². The van der Waals surface area contributed by atoms with Gasteiger partial charge in [-0.3, -0.25) is 0 Å². The van der Waals surface area contributed by atoms with Crippen LogP contribution in [-0.2, 0) is 6.61 Å². The third kappa shape index (κ3) is 4.06. The summed E-state index contributed by atoms with van der Waals surface area (Å²) < 4.78 is 19.4. The molecular weight excluding hydrogens is 303 g/mol. The lowest BCUT2D eigenvalue weighted by Gasteiger charge is -2.18. The number of benzene rings is 1. The molecule has 0 bridgehead atoms. The molecule has 0 saturated heterocycles. The highest BCUT2D eigenvalue weighted by atomic mass is 35.5. The van der Waals surface area contributed by atoms with Crippen LogP contribution in [0.25, 0.3) is 0 Å². The summed E-state index contributed by atoms with van der Waals surface area (Å²) in [6.07, 6.45) is 4.40. The molecule has 116 valence electrons. The van der Waals surface area contributed by atoms with E-state index >= 15 is 0 Å². The van der Waals surface area contributed by atoms with E-state index in [4.69, 9.17) is 22.1 Å². The number of halogens is 2. The molecule has 0 saturated carbocycles. The van der Waals surface area contributed by atoms with Crippen LogP contribution in [0.3, 0.4) is 0 Å². The molecule has 2 aromatic rings. The molecule has 0 amide bonds. The van der Waals surface area contributed by atoms with Gasteiger partial charge < -0.3 is 10.5 Å². The van der Waals surface area contributed by atoms with Crippen molar-refractivity contribution in [2.24, 2.45) is 5.73 Å². The molecule has 5 heteroatoms. The quantitative estimate of drug-likeness (QED) is 0.607. The van der Waals surface area contributed by atoms with Crippen LogP contribution in [0.15, 0.2) is 49.2 Å². The molecule has 0 fully saturated rings. The van der Waals surface area contributed by atoms with Crippen molar-refractivity contribution in [3.8, 4) is 5.75 Å². The SMILES string of the molecule is C=CCC[C@@H](N)c1c(OCc2ccccc2)cnc(F)c1Cl. The highest BCUT2D eigenvalue weighted by Gasteiger charge is 2.20. The van der Waals surface area contributed by atoms with E-state index in [9.17, 15) is 4.39 Å². The van der Waals surface area contributed by atoms with Gasteiger partial charge in [0.1, 0.15) is 17.4 Å². The zero-order valence-electron chi connectivity index (χ0n) is 12.1. The first-order valence-corrected chi connectivity index (χ1v) is 7.38. The lowest BCUT2D eigenvalue weighted by molar-refractivity contribution is 0.298. The molecule has 0 spiro atoms. The number of nitrogens with zero attached hydrogens (tertiary/aromatic N) is 1. The Morgan fingerprint density at radius 1 is 1.36 bits per heavy atom. The van der Waals surface area contributed by atoms with E-state index in [0.717, 1.165) is 5.56 Å². The minimum atomic E-state index is -0.738. The number of pyridine rings is 1. The van der Waals surface area contributed by atoms with Gasteiger partial charge >= 0.3 is 0 Å². The minimum absolute atomic E-state index is 0.0814. The first kappa shape index (κ1) is 16.5. The maximum Gasteiger partial charge on any atom is 0.232 e. The van der Waals surface area contributed by atoms with Crippen LogP contribution in [0.4, 0.5) is 4.39 Å². The molecular formula is C17H18ClFN2O. The van der Waals surface area contributed by atoms with Gasteiger partial charge in [-0.15, -0.1) is 6.58 Å². The number of aromatic nitrogens is 1. The Morgan fingerprint density at radius 2 is 2.09 bits per heavy atom. The fraction of sp³-hybridized carbons (Fsp3) is 0.235. The smallest absolute Gasteiger partial charge is 0.232 e. The van der Waals surface area contributed by atoms with Crippen molar-refractivity contribution in [1.82, 2.24) is 4.98 Å². The first-order chi connectivity index (χ1) is 10.6. The van der Waals surface area contributed by atoms with Gasteiger partial charge in [-0.25, -0.2) is 4.98 Å². The van der Waals surface area contributed by atoms with E-state index in [1.54, 1.807) is 6.08 Å². The Kier molecular flexibility index (Phi) is 5.92. The summed E-state index contributed by atoms with van der Waals surface area (Å²) in [5, 5.41) is -0.0814. The van der Waals surface area contributed by atoms with Crippen molar-refractivity contribution in [2.45, 2.75) is 25.5 Å². The van der Waals surface area contributed by atoms with Gasteiger partial charge in [-0.1, -0.05) is 48.0 Å². The average molecular weight is 321 g/mol. The number of hydrogen-bond donors (Lipinski definition) is 1. The summed E-state index contributed by atoms with van der Waals surface area (Å²) in [6, 6.07) is 9.22. The van der Waals surface area contributed by atoms with Gasteiger partial charge in [-0.2, -0.15) is 4.39 Å². The number of hydrogen-bond acceptors (Lipinski definition) is 3. The van der Waals surface area contributed by atoms with Crippen molar-refractivity contribution in [3.63, 3.8) is 0 Å². The van der Waals surface area contributed by atoms with Gasteiger partial charge in [0.25, 0.3) is 0 Å². The Hall–Kier alpha value is -1.91. The molecule has 2 rings (SSSR count). The lowest BCUT2D eigenvalue weighted by Crippen LogP contribution is -2.14. The average Bonchev–Trinajstić information content (AvgIpc) is 2.54. The molecule has 1 heterocycles. The molecule has 0 unspecified atom stereocenters. The monoisotopic (exact) mass is 320 g/mol. The van der Waals surface area contributed by atoms with E-state index in [2.05, 4.69) is 11.6 Å². The molecule has 0 aliphatic carbocycles. The number of allylic oxidation sites excluding steroid dienone is 1. The molecule has 0 radical (unpaired) electrons. The van der Waals surface area contributed by atoms with Crippen LogP contribution in [0.5, 0.6) is 5.75 Å². The summed E-state index contributed by atoms with van der Waals surface area (Å²) >= 11 is 6.03. The molecule has 1 aromatic carbocycles. The second kappa shape index (κ2) is 7.92. The Bertz CT molecular complexity index is 634. The summed E-state index contributed by atoms with van der Waals surface area (Å²) in [5.41, 5.74) is 7.56. The lowest BCUT2D eigenvalue weighted by atomic mass is 10.0. The van der Waals surface area contributed by atoms with Crippen LogP contribution < -0.4 is 10.5 Å². The normalized spacial score (nSPS) is 12.0. The third-order valence-electron chi connectivity index (χ3n) is 3.27. The molecule has 0 aliphatic rings. The third-order valence-corrected chi connectivity index (χ3v) is 3.63. The summed E-state index contributed by atoms with van der Waals surface area (Å²) in [5.74, 6) is -0.329. The van der Waals surface area contributed by atoms with Crippen LogP contribution in [-0.4, -0.2) is 4.98 Å². The van der Waals surface area contributed by atoms with Crippen LogP contribution in [0.1, 0.15) is 30.0 Å². The fourth-order valence-corrected chi connectivity index (χ4v) is 2.38. The van der Waals surface area contributed by atoms with Crippen LogP contribution in [0.2, 0.25) is 5.02 Å². The largest absolute Gasteiger partial charge is 0.487 e. The maximum absolute atomic E-state index is 13.6. The molecule has 2 N–H and O–H groups in total. The van der Waals surface area contributed by atoms with Crippen molar-refractivity contribution < 1.29 is 9.13 Å². The summed E-state index contributed by atoms with van der Waals surface area (Å²) in [7, 11) is 0. The van der Waals surface area contributed by atoms with E-state index in [1.807, 2.05) is 30.3 Å². The zero-order chi connectivity index (χ0) is 15.9. The van der Waals surface area contributed by atoms with Gasteiger partial charge in [0.05, 0.1) is 6.20 Å². The summed E-state index contributed by atoms with van der Waals surface area (Å²) in [6.45, 7) is 4.00. The zero-order valence-corrected chi connectivity index (χ0v) is 12.9. The predicted molar refractivity (Wildman–Crippen MR) is 86.3 cm³/mol. The fourth-order valence-electron chi connectivity index (χ4n) is 2.10. The highest BCUT2D eigenvalue weighted by Crippen LogP contribution is 2.34. The summed E-state index contributed by atoms with van der Waals surface area (Å²) in [4.78, 5) is 3.61. The second-order valence-corrected chi connectivity index (χ2v) is 5.27. The maximum atomic E-state index is 13.6. The Balaban J connectivity index is 2.22. The van der Waals surface area contributed by atoms with E-state index in [1.165, 1.54) is 6.20 Å². The predicted octanol–water partition coefficient (Wildman–Crippen LogP) is 4.42. The van der Waals surface area contributed by atoms with Crippen LogP contribution in [0, 0.1) is 5.95 Å². The van der Waals surface area contributed by atoms with Crippen molar-refractivity contribution in [3.05, 3.63) is 71.3 Å². The highest BCUT2D eigenvalue weighted by molar-refractivity contribution is 6.31. The van der Waals surface area contributed by atoms with Crippen molar-refractivity contribution in [2.75, 3.05) is 0 Å². The van der Waals surface area contributed by atoms with Crippen molar-refractivity contribution >= 4 is 11.6 Å².